The van der Waals surface area contributed by atoms with Crippen LogP contribution >= 0.6 is 11.6 Å². The van der Waals surface area contributed by atoms with Crippen molar-refractivity contribution in [3.63, 3.8) is 0 Å². The van der Waals surface area contributed by atoms with E-state index >= 15 is 0 Å². The molecule has 0 saturated heterocycles. The van der Waals surface area contributed by atoms with Gasteiger partial charge in [0.25, 0.3) is 0 Å². The molecule has 0 fully saturated rings. The molecule has 84 valence electrons. The lowest BCUT2D eigenvalue weighted by molar-refractivity contribution is 0.459. The smallest absolute Gasteiger partial charge is 0.225 e. The Hall–Kier alpha value is -2.12. The SMILES string of the molecule is Cc1cc(Oc2ccccc2C#N)nc(Cl)n1. The molecule has 0 spiro atoms. The Morgan fingerprint density at radius 2 is 2.06 bits per heavy atom. The van der Waals surface area contributed by atoms with Gasteiger partial charge < -0.3 is 4.74 Å². The predicted molar refractivity (Wildman–Crippen MR) is 63.0 cm³/mol. The molecule has 2 aromatic rings. The van der Waals surface area contributed by atoms with Crippen molar-refractivity contribution in [2.45, 2.75) is 6.92 Å². The van der Waals surface area contributed by atoms with Crippen LogP contribution in [0.1, 0.15) is 11.3 Å². The maximum atomic E-state index is 8.92. The van der Waals surface area contributed by atoms with E-state index in [0.29, 0.717) is 22.9 Å². The fraction of sp³-hybridized carbons (Fsp3) is 0.0833. The molecular formula is C12H8ClN3O. The first-order valence-corrected chi connectivity index (χ1v) is 5.25. The Morgan fingerprint density at radius 3 is 2.76 bits per heavy atom. The summed E-state index contributed by atoms with van der Waals surface area (Å²) in [4.78, 5) is 7.86. The maximum absolute atomic E-state index is 8.92. The second-order valence-corrected chi connectivity index (χ2v) is 3.66. The lowest BCUT2D eigenvalue weighted by Crippen LogP contribution is -1.94. The molecule has 2 rings (SSSR count). The van der Waals surface area contributed by atoms with Gasteiger partial charge in [-0.25, -0.2) is 4.98 Å². The molecule has 4 nitrogen and oxygen atoms in total. The van der Waals surface area contributed by atoms with Crippen molar-refractivity contribution in [1.29, 1.82) is 5.26 Å². The van der Waals surface area contributed by atoms with E-state index in [2.05, 4.69) is 9.97 Å². The van der Waals surface area contributed by atoms with Gasteiger partial charge in [0.15, 0.2) is 0 Å². The van der Waals surface area contributed by atoms with Gasteiger partial charge in [-0.2, -0.15) is 10.2 Å². The molecule has 0 saturated carbocycles. The highest BCUT2D eigenvalue weighted by atomic mass is 35.5. The van der Waals surface area contributed by atoms with Crippen molar-refractivity contribution in [3.05, 3.63) is 46.9 Å². The molecule has 0 aliphatic carbocycles. The van der Waals surface area contributed by atoms with Crippen LogP contribution in [-0.2, 0) is 0 Å². The Kier molecular flexibility index (Phi) is 3.22. The molecular weight excluding hydrogens is 238 g/mol. The maximum Gasteiger partial charge on any atom is 0.225 e. The highest BCUT2D eigenvalue weighted by Crippen LogP contribution is 2.24. The number of aromatic nitrogens is 2. The number of ether oxygens (including phenoxy) is 1. The number of hydrogen-bond acceptors (Lipinski definition) is 4. The van der Waals surface area contributed by atoms with E-state index in [-0.39, 0.29) is 5.28 Å². The fourth-order valence-corrected chi connectivity index (χ4v) is 1.53. The minimum absolute atomic E-state index is 0.120. The third kappa shape index (κ3) is 2.71. The van der Waals surface area contributed by atoms with Crippen LogP contribution in [0.2, 0.25) is 5.28 Å². The number of aryl methyl sites for hydroxylation is 1. The third-order valence-electron chi connectivity index (χ3n) is 2.03. The first kappa shape index (κ1) is 11.4. The molecule has 1 heterocycles. The first-order chi connectivity index (χ1) is 8.19. The van der Waals surface area contributed by atoms with Gasteiger partial charge in [0, 0.05) is 11.8 Å². The molecule has 0 aliphatic rings. The second kappa shape index (κ2) is 4.81. The summed E-state index contributed by atoms with van der Waals surface area (Å²) in [7, 11) is 0. The quantitative estimate of drug-likeness (QED) is 0.763. The van der Waals surface area contributed by atoms with Crippen molar-refractivity contribution in [1.82, 2.24) is 9.97 Å². The number of nitrogens with zero attached hydrogens (tertiary/aromatic N) is 3. The van der Waals surface area contributed by atoms with Crippen molar-refractivity contribution < 1.29 is 4.74 Å². The number of rotatable bonds is 2. The van der Waals surface area contributed by atoms with Gasteiger partial charge in [0.2, 0.25) is 11.2 Å². The van der Waals surface area contributed by atoms with Gasteiger partial charge in [-0.05, 0) is 30.7 Å². The Labute approximate surface area is 103 Å². The van der Waals surface area contributed by atoms with Crippen molar-refractivity contribution in [2.24, 2.45) is 0 Å². The number of nitriles is 1. The summed E-state index contributed by atoms with van der Waals surface area (Å²) < 4.78 is 5.50. The Balaban J connectivity index is 2.35. The lowest BCUT2D eigenvalue weighted by Gasteiger charge is -2.06. The van der Waals surface area contributed by atoms with E-state index < -0.39 is 0 Å². The van der Waals surface area contributed by atoms with Crippen molar-refractivity contribution >= 4 is 11.6 Å². The zero-order chi connectivity index (χ0) is 12.3. The molecule has 0 radical (unpaired) electrons. The molecule has 5 heteroatoms. The van der Waals surface area contributed by atoms with Crippen LogP contribution < -0.4 is 4.74 Å². The van der Waals surface area contributed by atoms with E-state index in [1.54, 1.807) is 37.3 Å². The van der Waals surface area contributed by atoms with Gasteiger partial charge in [0.1, 0.15) is 11.8 Å². The van der Waals surface area contributed by atoms with E-state index in [4.69, 9.17) is 21.6 Å². The molecule has 0 unspecified atom stereocenters. The number of benzene rings is 1. The molecule has 1 aromatic carbocycles. The van der Waals surface area contributed by atoms with E-state index in [1.165, 1.54) is 0 Å². The number of para-hydroxylation sites is 1. The molecule has 0 N–H and O–H groups in total. The summed E-state index contributed by atoms with van der Waals surface area (Å²) in [5.74, 6) is 0.773. The molecule has 17 heavy (non-hydrogen) atoms. The molecule has 0 amide bonds. The summed E-state index contributed by atoms with van der Waals surface area (Å²) in [6.07, 6.45) is 0. The van der Waals surface area contributed by atoms with E-state index in [1.807, 2.05) is 6.07 Å². The van der Waals surface area contributed by atoms with Crippen molar-refractivity contribution in [3.8, 4) is 17.7 Å². The summed E-state index contributed by atoms with van der Waals surface area (Å²) in [6.45, 7) is 1.79. The fourth-order valence-electron chi connectivity index (χ4n) is 1.32. The zero-order valence-electron chi connectivity index (χ0n) is 9.01. The van der Waals surface area contributed by atoms with Crippen LogP contribution in [-0.4, -0.2) is 9.97 Å². The lowest BCUT2D eigenvalue weighted by atomic mass is 10.2. The number of halogens is 1. The van der Waals surface area contributed by atoms with E-state index in [0.717, 1.165) is 0 Å². The van der Waals surface area contributed by atoms with Crippen LogP contribution in [0.4, 0.5) is 0 Å². The second-order valence-electron chi connectivity index (χ2n) is 3.33. The minimum atomic E-state index is 0.120. The Morgan fingerprint density at radius 1 is 1.29 bits per heavy atom. The summed E-state index contributed by atoms with van der Waals surface area (Å²) >= 11 is 5.72. The summed E-state index contributed by atoms with van der Waals surface area (Å²) in [5.41, 5.74) is 1.15. The monoisotopic (exact) mass is 245 g/mol. The topological polar surface area (TPSA) is 58.8 Å². The highest BCUT2D eigenvalue weighted by molar-refractivity contribution is 6.28. The normalized spacial score (nSPS) is 9.71. The van der Waals surface area contributed by atoms with Crippen LogP contribution in [0.15, 0.2) is 30.3 Å². The van der Waals surface area contributed by atoms with Crippen LogP contribution in [0.25, 0.3) is 0 Å². The molecule has 0 atom stereocenters. The number of hydrogen-bond donors (Lipinski definition) is 0. The molecule has 0 bridgehead atoms. The van der Waals surface area contributed by atoms with Crippen molar-refractivity contribution in [2.75, 3.05) is 0 Å². The Bertz CT molecular complexity index is 572. The first-order valence-electron chi connectivity index (χ1n) is 4.87. The van der Waals surface area contributed by atoms with Gasteiger partial charge >= 0.3 is 0 Å². The summed E-state index contributed by atoms with van der Waals surface area (Å²) in [5, 5.41) is 9.04. The molecule has 0 aliphatic heterocycles. The van der Waals surface area contributed by atoms with Gasteiger partial charge in [0.05, 0.1) is 5.56 Å². The van der Waals surface area contributed by atoms with Crippen LogP contribution in [0.3, 0.4) is 0 Å². The predicted octanol–water partition coefficient (Wildman–Crippen LogP) is 3.10. The average Bonchev–Trinajstić information content (AvgIpc) is 2.28. The van der Waals surface area contributed by atoms with Gasteiger partial charge in [-0.3, -0.25) is 0 Å². The zero-order valence-corrected chi connectivity index (χ0v) is 9.77. The molecule has 1 aromatic heterocycles. The largest absolute Gasteiger partial charge is 0.437 e. The van der Waals surface area contributed by atoms with Crippen LogP contribution in [0.5, 0.6) is 11.6 Å². The minimum Gasteiger partial charge on any atom is -0.437 e. The summed E-state index contributed by atoms with van der Waals surface area (Å²) in [6, 6.07) is 10.6. The highest BCUT2D eigenvalue weighted by Gasteiger charge is 2.06. The van der Waals surface area contributed by atoms with Gasteiger partial charge in [-0.1, -0.05) is 12.1 Å². The standard InChI is InChI=1S/C12H8ClN3O/c1-8-6-11(16-12(13)15-8)17-10-5-3-2-4-9(10)7-14/h2-6H,1H3. The van der Waals surface area contributed by atoms with Gasteiger partial charge in [-0.15, -0.1) is 0 Å². The third-order valence-corrected chi connectivity index (χ3v) is 2.19. The average molecular weight is 246 g/mol. The van der Waals surface area contributed by atoms with Crippen LogP contribution in [0, 0.1) is 18.3 Å². The van der Waals surface area contributed by atoms with E-state index in [9.17, 15) is 0 Å².